The molecule has 0 aromatic heterocycles. The Kier molecular flexibility index (Phi) is 7.60. The second-order valence-corrected chi connectivity index (χ2v) is 9.23. The van der Waals surface area contributed by atoms with E-state index in [-0.39, 0.29) is 30.0 Å². The van der Waals surface area contributed by atoms with E-state index in [1.807, 2.05) is 13.8 Å². The molecule has 29 heavy (non-hydrogen) atoms. The quantitative estimate of drug-likeness (QED) is 0.620. The first-order valence-electron chi connectivity index (χ1n) is 10.8. The van der Waals surface area contributed by atoms with Crippen molar-refractivity contribution in [3.63, 3.8) is 0 Å². The molecule has 1 aliphatic carbocycles. The number of carboxylic acids is 1. The molecule has 162 valence electrons. The van der Waals surface area contributed by atoms with E-state index < -0.39 is 5.97 Å². The highest BCUT2D eigenvalue weighted by Crippen LogP contribution is 2.46. The summed E-state index contributed by atoms with van der Waals surface area (Å²) in [4.78, 5) is 11.1. The van der Waals surface area contributed by atoms with Crippen molar-refractivity contribution in [2.45, 2.75) is 71.4 Å². The Morgan fingerprint density at radius 3 is 2.72 bits per heavy atom. The SMILES string of the molecule is CC(O)CC[C@H]1CCC[C@@H]2C1CO[C@H](OC(C)c1ccc(C(=O)O)cc1Cl)[C@@H]2C. The van der Waals surface area contributed by atoms with Gasteiger partial charge in [0.2, 0.25) is 0 Å². The van der Waals surface area contributed by atoms with Gasteiger partial charge in [-0.15, -0.1) is 0 Å². The molecule has 6 heteroatoms. The summed E-state index contributed by atoms with van der Waals surface area (Å²) in [6, 6.07) is 4.74. The lowest BCUT2D eigenvalue weighted by Crippen LogP contribution is -2.47. The van der Waals surface area contributed by atoms with Crippen molar-refractivity contribution in [1.29, 1.82) is 0 Å². The zero-order valence-corrected chi connectivity index (χ0v) is 18.3. The number of ether oxygens (including phenoxy) is 2. The fourth-order valence-electron chi connectivity index (χ4n) is 5.11. The molecule has 0 radical (unpaired) electrons. The van der Waals surface area contributed by atoms with Crippen molar-refractivity contribution in [1.82, 2.24) is 0 Å². The minimum atomic E-state index is -0.996. The molecule has 2 N–H and O–H groups in total. The fourth-order valence-corrected chi connectivity index (χ4v) is 5.44. The van der Waals surface area contributed by atoms with E-state index >= 15 is 0 Å². The summed E-state index contributed by atoms with van der Waals surface area (Å²) in [6.45, 7) is 6.69. The molecule has 2 aliphatic rings. The van der Waals surface area contributed by atoms with Crippen molar-refractivity contribution in [2.75, 3.05) is 6.61 Å². The first-order chi connectivity index (χ1) is 13.8. The van der Waals surface area contributed by atoms with Gasteiger partial charge in [-0.2, -0.15) is 0 Å². The third kappa shape index (κ3) is 5.32. The third-order valence-electron chi connectivity index (χ3n) is 6.80. The van der Waals surface area contributed by atoms with E-state index in [1.165, 1.54) is 25.3 Å². The van der Waals surface area contributed by atoms with E-state index in [0.717, 1.165) is 18.4 Å². The minimum Gasteiger partial charge on any atom is -0.478 e. The molecule has 3 unspecified atom stereocenters. The summed E-state index contributed by atoms with van der Waals surface area (Å²) in [5, 5.41) is 19.2. The first kappa shape index (κ1) is 22.5. The number of hydrogen-bond donors (Lipinski definition) is 2. The summed E-state index contributed by atoms with van der Waals surface area (Å²) in [5.74, 6) is 0.999. The van der Waals surface area contributed by atoms with Crippen LogP contribution in [0.3, 0.4) is 0 Å². The number of aromatic carboxylic acids is 1. The van der Waals surface area contributed by atoms with E-state index in [1.54, 1.807) is 12.1 Å². The Balaban J connectivity index is 1.64. The van der Waals surface area contributed by atoms with Gasteiger partial charge in [-0.05, 0) is 68.6 Å². The highest BCUT2D eigenvalue weighted by Gasteiger charge is 2.43. The number of aliphatic hydroxyl groups is 1. The predicted molar refractivity (Wildman–Crippen MR) is 112 cm³/mol. The molecular formula is C23H33ClO5. The number of carbonyl (C=O) groups is 1. The van der Waals surface area contributed by atoms with Gasteiger partial charge in [0.15, 0.2) is 6.29 Å². The fraction of sp³-hybridized carbons (Fsp3) is 0.696. The second-order valence-electron chi connectivity index (χ2n) is 8.83. The van der Waals surface area contributed by atoms with Gasteiger partial charge in [-0.25, -0.2) is 4.79 Å². The maximum atomic E-state index is 11.1. The average molecular weight is 425 g/mol. The van der Waals surface area contributed by atoms with E-state index in [4.69, 9.17) is 26.2 Å². The number of carboxylic acid groups (broad SMARTS) is 1. The van der Waals surface area contributed by atoms with Gasteiger partial charge in [0.25, 0.3) is 0 Å². The minimum absolute atomic E-state index is 0.168. The molecule has 1 heterocycles. The van der Waals surface area contributed by atoms with Crippen LogP contribution in [0.15, 0.2) is 18.2 Å². The van der Waals surface area contributed by atoms with Gasteiger partial charge in [0, 0.05) is 10.9 Å². The lowest BCUT2D eigenvalue weighted by molar-refractivity contribution is -0.248. The molecule has 2 fully saturated rings. The lowest BCUT2D eigenvalue weighted by atomic mass is 9.65. The zero-order valence-electron chi connectivity index (χ0n) is 17.5. The van der Waals surface area contributed by atoms with Crippen molar-refractivity contribution in [2.24, 2.45) is 23.7 Å². The molecule has 7 atom stereocenters. The van der Waals surface area contributed by atoms with Crippen LogP contribution in [0.25, 0.3) is 0 Å². The Bertz CT molecular complexity index is 707. The number of fused-ring (bicyclic) bond motifs is 1. The Hall–Kier alpha value is -1.14. The van der Waals surface area contributed by atoms with Gasteiger partial charge in [0.05, 0.1) is 24.4 Å². The molecule has 1 aromatic carbocycles. The van der Waals surface area contributed by atoms with Crippen molar-refractivity contribution in [3.8, 4) is 0 Å². The number of rotatable bonds is 7. The molecule has 5 nitrogen and oxygen atoms in total. The molecule has 0 spiro atoms. The maximum absolute atomic E-state index is 11.1. The van der Waals surface area contributed by atoms with Gasteiger partial charge >= 0.3 is 5.97 Å². The van der Waals surface area contributed by atoms with Gasteiger partial charge in [0.1, 0.15) is 0 Å². The number of benzene rings is 1. The van der Waals surface area contributed by atoms with Crippen molar-refractivity contribution in [3.05, 3.63) is 34.3 Å². The molecule has 3 rings (SSSR count). The first-order valence-corrected chi connectivity index (χ1v) is 11.1. The predicted octanol–water partition coefficient (Wildman–Crippen LogP) is 5.30. The van der Waals surface area contributed by atoms with Crippen LogP contribution in [-0.4, -0.2) is 35.2 Å². The zero-order chi connectivity index (χ0) is 21.1. The molecule has 0 amide bonds. The Labute approximate surface area is 178 Å². The highest BCUT2D eigenvalue weighted by atomic mass is 35.5. The largest absolute Gasteiger partial charge is 0.478 e. The van der Waals surface area contributed by atoms with Crippen LogP contribution in [0.1, 0.15) is 74.9 Å². The summed E-state index contributed by atoms with van der Waals surface area (Å²) >= 11 is 6.31. The average Bonchev–Trinajstić information content (AvgIpc) is 2.68. The van der Waals surface area contributed by atoms with Crippen LogP contribution in [0, 0.1) is 23.7 Å². The van der Waals surface area contributed by atoms with Gasteiger partial charge in [-0.1, -0.05) is 37.4 Å². The summed E-state index contributed by atoms with van der Waals surface area (Å²) in [7, 11) is 0. The normalized spacial score (nSPS) is 31.7. The smallest absolute Gasteiger partial charge is 0.335 e. The maximum Gasteiger partial charge on any atom is 0.335 e. The molecule has 1 saturated heterocycles. The van der Waals surface area contributed by atoms with Crippen LogP contribution >= 0.6 is 11.6 Å². The van der Waals surface area contributed by atoms with E-state index in [2.05, 4.69) is 6.92 Å². The molecular weight excluding hydrogens is 392 g/mol. The van der Waals surface area contributed by atoms with Crippen LogP contribution in [-0.2, 0) is 9.47 Å². The Morgan fingerprint density at radius 2 is 2.07 bits per heavy atom. The molecule has 1 aromatic rings. The third-order valence-corrected chi connectivity index (χ3v) is 7.13. The van der Waals surface area contributed by atoms with E-state index in [0.29, 0.717) is 29.4 Å². The van der Waals surface area contributed by atoms with Crippen LogP contribution in [0.4, 0.5) is 0 Å². The van der Waals surface area contributed by atoms with Crippen molar-refractivity contribution >= 4 is 17.6 Å². The van der Waals surface area contributed by atoms with Crippen LogP contribution < -0.4 is 0 Å². The standard InChI is InChI=1S/C23H33ClO5/c1-13(25)7-8-16-5-4-6-18-14(2)23(28-12-20(16)18)29-15(3)19-10-9-17(22(26)27)11-21(19)24/h9-11,13-16,18,20,23,25H,4-8,12H2,1-3H3,(H,26,27)/t13?,14-,15?,16-,18+,20?,23-/m1/s1. The van der Waals surface area contributed by atoms with Crippen molar-refractivity contribution < 1.29 is 24.5 Å². The highest BCUT2D eigenvalue weighted by molar-refractivity contribution is 6.31. The molecule has 0 bridgehead atoms. The van der Waals surface area contributed by atoms with Gasteiger partial charge < -0.3 is 19.7 Å². The number of halogens is 1. The summed E-state index contributed by atoms with van der Waals surface area (Å²) in [6.07, 6.45) is 4.72. The monoisotopic (exact) mass is 424 g/mol. The number of aliphatic hydroxyl groups excluding tert-OH is 1. The summed E-state index contributed by atoms with van der Waals surface area (Å²) < 4.78 is 12.4. The van der Waals surface area contributed by atoms with Gasteiger partial charge in [-0.3, -0.25) is 0 Å². The van der Waals surface area contributed by atoms with E-state index in [9.17, 15) is 9.90 Å². The topological polar surface area (TPSA) is 76.0 Å². The second kappa shape index (κ2) is 9.78. The Morgan fingerprint density at radius 1 is 1.31 bits per heavy atom. The number of hydrogen-bond acceptors (Lipinski definition) is 4. The molecule has 1 aliphatic heterocycles. The molecule has 1 saturated carbocycles. The lowest BCUT2D eigenvalue weighted by Gasteiger charge is -2.48. The van der Waals surface area contributed by atoms with Crippen LogP contribution in [0.2, 0.25) is 5.02 Å². The summed E-state index contributed by atoms with van der Waals surface area (Å²) in [5.41, 5.74) is 0.939. The van der Waals surface area contributed by atoms with Crippen LogP contribution in [0.5, 0.6) is 0 Å².